The Morgan fingerprint density at radius 3 is 2.65 bits per heavy atom. The van der Waals surface area contributed by atoms with Crippen LogP contribution in [0.1, 0.15) is 18.9 Å². The summed E-state index contributed by atoms with van der Waals surface area (Å²) >= 11 is 3.50. The van der Waals surface area contributed by atoms with E-state index < -0.39 is 0 Å². The van der Waals surface area contributed by atoms with Crippen LogP contribution < -0.4 is 15.8 Å². The highest BCUT2D eigenvalue weighted by Crippen LogP contribution is 2.29. The molecule has 2 aromatic rings. The molecule has 0 aliphatic rings. The van der Waals surface area contributed by atoms with E-state index >= 15 is 0 Å². The van der Waals surface area contributed by atoms with Crippen molar-refractivity contribution in [3.05, 3.63) is 46.4 Å². The highest BCUT2D eigenvalue weighted by Gasteiger charge is 2.03. The van der Waals surface area contributed by atoms with Gasteiger partial charge in [-0.05, 0) is 49.2 Å². The molecule has 3 N–H and O–H groups in total. The number of anilines is 3. The Kier molecular flexibility index (Phi) is 4.90. The summed E-state index contributed by atoms with van der Waals surface area (Å²) < 4.78 is 6.69. The predicted molar refractivity (Wildman–Crippen MR) is 88.8 cm³/mol. The van der Waals surface area contributed by atoms with Gasteiger partial charge >= 0.3 is 0 Å². The topological polar surface area (TPSA) is 47.3 Å². The molecule has 0 aliphatic heterocycles. The Morgan fingerprint density at radius 2 is 1.95 bits per heavy atom. The molecule has 3 nitrogen and oxygen atoms in total. The van der Waals surface area contributed by atoms with Crippen LogP contribution in [0.2, 0.25) is 0 Å². The molecule has 2 aromatic carbocycles. The second-order valence-corrected chi connectivity index (χ2v) is 5.66. The van der Waals surface area contributed by atoms with E-state index in [-0.39, 0.29) is 0 Å². The molecule has 0 atom stereocenters. The number of benzene rings is 2. The molecular formula is C16H19BrN2O. The SMILES string of the molecule is CCCOc1cc(Nc2cc(C)cc(Br)c2)ccc1N. The van der Waals surface area contributed by atoms with Crippen molar-refractivity contribution >= 4 is 33.0 Å². The van der Waals surface area contributed by atoms with Crippen LogP contribution in [0.3, 0.4) is 0 Å². The molecule has 0 saturated carbocycles. The van der Waals surface area contributed by atoms with Crippen LogP contribution in [-0.4, -0.2) is 6.61 Å². The zero-order valence-electron chi connectivity index (χ0n) is 11.7. The molecule has 0 heterocycles. The van der Waals surface area contributed by atoms with Crippen LogP contribution in [0.5, 0.6) is 5.75 Å². The Morgan fingerprint density at radius 1 is 1.15 bits per heavy atom. The van der Waals surface area contributed by atoms with Gasteiger partial charge in [0.05, 0.1) is 12.3 Å². The van der Waals surface area contributed by atoms with Gasteiger partial charge in [0.2, 0.25) is 0 Å². The van der Waals surface area contributed by atoms with Crippen molar-refractivity contribution in [1.29, 1.82) is 0 Å². The Bertz CT molecular complexity index is 579. The second kappa shape index (κ2) is 6.66. The van der Waals surface area contributed by atoms with Crippen LogP contribution in [0.4, 0.5) is 17.1 Å². The standard InChI is InChI=1S/C16H19BrN2O/c1-3-6-20-16-10-13(4-5-15(16)18)19-14-8-11(2)7-12(17)9-14/h4-5,7-10,19H,3,6,18H2,1-2H3. The van der Waals surface area contributed by atoms with Gasteiger partial charge in [0.1, 0.15) is 5.75 Å². The number of aryl methyl sites for hydroxylation is 1. The van der Waals surface area contributed by atoms with Crippen molar-refractivity contribution in [2.24, 2.45) is 0 Å². The maximum atomic E-state index is 5.91. The zero-order valence-corrected chi connectivity index (χ0v) is 13.3. The number of nitrogens with two attached hydrogens (primary N) is 1. The Labute approximate surface area is 128 Å². The average Bonchev–Trinajstić information content (AvgIpc) is 2.38. The van der Waals surface area contributed by atoms with Gasteiger partial charge < -0.3 is 15.8 Å². The number of hydrogen-bond acceptors (Lipinski definition) is 3. The first-order chi connectivity index (χ1) is 9.58. The van der Waals surface area contributed by atoms with Gasteiger partial charge in [-0.1, -0.05) is 22.9 Å². The number of hydrogen-bond donors (Lipinski definition) is 2. The maximum absolute atomic E-state index is 5.91. The van der Waals surface area contributed by atoms with E-state index in [1.807, 2.05) is 24.3 Å². The summed E-state index contributed by atoms with van der Waals surface area (Å²) in [5, 5.41) is 3.36. The van der Waals surface area contributed by atoms with Crippen LogP contribution >= 0.6 is 15.9 Å². The monoisotopic (exact) mass is 334 g/mol. The van der Waals surface area contributed by atoms with Crippen molar-refractivity contribution in [2.75, 3.05) is 17.7 Å². The minimum atomic E-state index is 0.662. The predicted octanol–water partition coefficient (Wildman–Crippen LogP) is 4.87. The van der Waals surface area contributed by atoms with E-state index in [1.165, 1.54) is 5.56 Å². The third kappa shape index (κ3) is 3.90. The smallest absolute Gasteiger partial charge is 0.144 e. The summed E-state index contributed by atoms with van der Waals surface area (Å²) in [6.07, 6.45) is 0.960. The van der Waals surface area contributed by atoms with Gasteiger partial charge in [0, 0.05) is 21.9 Å². The fraction of sp³-hybridized carbons (Fsp3) is 0.250. The first-order valence-corrected chi connectivity index (χ1v) is 7.44. The number of nitrogen functional groups attached to an aromatic ring is 1. The summed E-state index contributed by atoms with van der Waals surface area (Å²) in [7, 11) is 0. The first-order valence-electron chi connectivity index (χ1n) is 6.65. The molecule has 4 heteroatoms. The van der Waals surface area contributed by atoms with Crippen molar-refractivity contribution < 1.29 is 4.74 Å². The van der Waals surface area contributed by atoms with E-state index in [1.54, 1.807) is 0 Å². The van der Waals surface area contributed by atoms with Crippen LogP contribution in [0.25, 0.3) is 0 Å². The fourth-order valence-corrected chi connectivity index (χ4v) is 2.53. The third-order valence-electron chi connectivity index (χ3n) is 2.81. The number of halogens is 1. The second-order valence-electron chi connectivity index (χ2n) is 4.74. The summed E-state index contributed by atoms with van der Waals surface area (Å²) in [6.45, 7) is 4.81. The molecule has 0 fully saturated rings. The molecule has 0 radical (unpaired) electrons. The van der Waals surface area contributed by atoms with Gasteiger partial charge in [0.25, 0.3) is 0 Å². The molecule has 2 rings (SSSR count). The number of ether oxygens (including phenoxy) is 1. The average molecular weight is 335 g/mol. The van der Waals surface area contributed by atoms with Crippen molar-refractivity contribution in [3.63, 3.8) is 0 Å². The molecule has 0 saturated heterocycles. The maximum Gasteiger partial charge on any atom is 0.144 e. The van der Waals surface area contributed by atoms with Crippen LogP contribution in [0.15, 0.2) is 40.9 Å². The molecule has 0 amide bonds. The third-order valence-corrected chi connectivity index (χ3v) is 3.26. The van der Waals surface area contributed by atoms with Crippen LogP contribution in [0, 0.1) is 6.92 Å². The van der Waals surface area contributed by atoms with Gasteiger partial charge in [-0.3, -0.25) is 0 Å². The molecule has 0 aromatic heterocycles. The quantitative estimate of drug-likeness (QED) is 0.766. The Hall–Kier alpha value is -1.68. The minimum Gasteiger partial charge on any atom is -0.491 e. The van der Waals surface area contributed by atoms with Gasteiger partial charge in [0.15, 0.2) is 0 Å². The summed E-state index contributed by atoms with van der Waals surface area (Å²) in [4.78, 5) is 0. The highest BCUT2D eigenvalue weighted by molar-refractivity contribution is 9.10. The van der Waals surface area contributed by atoms with Gasteiger partial charge in [-0.2, -0.15) is 0 Å². The number of rotatable bonds is 5. The molecule has 0 aliphatic carbocycles. The van der Waals surface area contributed by atoms with Gasteiger partial charge in [-0.15, -0.1) is 0 Å². The lowest BCUT2D eigenvalue weighted by atomic mass is 10.2. The lowest BCUT2D eigenvalue weighted by molar-refractivity contribution is 0.319. The van der Waals surface area contributed by atoms with Crippen LogP contribution in [-0.2, 0) is 0 Å². The molecule has 0 unspecified atom stereocenters. The molecule has 20 heavy (non-hydrogen) atoms. The molecule has 0 bridgehead atoms. The van der Waals surface area contributed by atoms with E-state index in [0.717, 1.165) is 28.0 Å². The lowest BCUT2D eigenvalue weighted by Crippen LogP contribution is -2.00. The van der Waals surface area contributed by atoms with Crippen molar-refractivity contribution in [3.8, 4) is 5.75 Å². The van der Waals surface area contributed by atoms with Gasteiger partial charge in [-0.25, -0.2) is 0 Å². The Balaban J connectivity index is 2.20. The summed E-state index contributed by atoms with van der Waals surface area (Å²) in [6, 6.07) is 11.9. The van der Waals surface area contributed by atoms with E-state index in [2.05, 4.69) is 47.2 Å². The summed E-state index contributed by atoms with van der Waals surface area (Å²) in [5.41, 5.74) is 9.76. The molecular weight excluding hydrogens is 316 g/mol. The van der Waals surface area contributed by atoms with E-state index in [0.29, 0.717) is 12.3 Å². The van der Waals surface area contributed by atoms with Crippen molar-refractivity contribution in [2.45, 2.75) is 20.3 Å². The minimum absolute atomic E-state index is 0.662. The lowest BCUT2D eigenvalue weighted by Gasteiger charge is -2.12. The molecule has 0 spiro atoms. The fourth-order valence-electron chi connectivity index (χ4n) is 1.92. The first kappa shape index (κ1) is 14.7. The highest BCUT2D eigenvalue weighted by atomic mass is 79.9. The molecule has 106 valence electrons. The summed E-state index contributed by atoms with van der Waals surface area (Å²) in [5.74, 6) is 0.726. The van der Waals surface area contributed by atoms with E-state index in [9.17, 15) is 0 Å². The largest absolute Gasteiger partial charge is 0.491 e. The zero-order chi connectivity index (χ0) is 14.5. The van der Waals surface area contributed by atoms with Crippen molar-refractivity contribution in [1.82, 2.24) is 0 Å². The number of nitrogens with one attached hydrogen (secondary N) is 1. The normalized spacial score (nSPS) is 10.3. The van der Waals surface area contributed by atoms with E-state index in [4.69, 9.17) is 10.5 Å².